The molecule has 0 radical (unpaired) electrons. The molecule has 1 aliphatic carbocycles. The molecule has 154 valence electrons. The summed E-state index contributed by atoms with van der Waals surface area (Å²) in [6.45, 7) is 4.55. The number of ether oxygens (including phenoxy) is 2. The van der Waals surface area contributed by atoms with Gasteiger partial charge in [-0.1, -0.05) is 12.1 Å². The molecular weight excluding hydrogens is 368 g/mol. The Morgan fingerprint density at radius 1 is 0.931 bits per heavy atom. The number of benzene rings is 2. The molecule has 2 amide bonds. The summed E-state index contributed by atoms with van der Waals surface area (Å²) in [7, 11) is 3.19. The van der Waals surface area contributed by atoms with Crippen LogP contribution in [0.25, 0.3) is 0 Å². The molecule has 0 aromatic heterocycles. The summed E-state index contributed by atoms with van der Waals surface area (Å²) in [5.41, 5.74) is 4.13. The van der Waals surface area contributed by atoms with Crippen molar-refractivity contribution in [3.8, 4) is 11.5 Å². The summed E-state index contributed by atoms with van der Waals surface area (Å²) in [5.74, 6) is 0.695. The van der Waals surface area contributed by atoms with Crippen LogP contribution in [-0.2, 0) is 16.0 Å². The number of amides is 2. The molecule has 3 rings (SSSR count). The topological polar surface area (TPSA) is 76.7 Å². The van der Waals surface area contributed by atoms with Gasteiger partial charge in [-0.3, -0.25) is 9.59 Å². The van der Waals surface area contributed by atoms with Crippen molar-refractivity contribution in [1.29, 1.82) is 0 Å². The lowest BCUT2D eigenvalue weighted by atomic mass is 10.1. The normalized spacial score (nSPS) is 17.4. The van der Waals surface area contributed by atoms with Crippen molar-refractivity contribution in [3.05, 3.63) is 53.1 Å². The average Bonchev–Trinajstić information content (AvgIpc) is 3.51. The molecule has 0 saturated heterocycles. The molecule has 29 heavy (non-hydrogen) atoms. The Balaban J connectivity index is 1.45. The van der Waals surface area contributed by atoms with Gasteiger partial charge in [0.2, 0.25) is 11.8 Å². The summed E-state index contributed by atoms with van der Waals surface area (Å²) in [5, 5.41) is 5.85. The number of aryl methyl sites for hydroxylation is 2. The predicted octanol–water partition coefficient (Wildman–Crippen LogP) is 3.25. The van der Waals surface area contributed by atoms with Gasteiger partial charge in [0.15, 0.2) is 11.5 Å². The van der Waals surface area contributed by atoms with Crippen LogP contribution in [0.3, 0.4) is 0 Å². The van der Waals surface area contributed by atoms with Crippen LogP contribution in [0.2, 0.25) is 0 Å². The van der Waals surface area contributed by atoms with Crippen LogP contribution in [0.15, 0.2) is 36.4 Å². The first-order valence-corrected chi connectivity index (χ1v) is 9.79. The van der Waals surface area contributed by atoms with Gasteiger partial charge in [0.25, 0.3) is 0 Å². The van der Waals surface area contributed by atoms with E-state index in [0.29, 0.717) is 30.9 Å². The van der Waals surface area contributed by atoms with Gasteiger partial charge in [0, 0.05) is 12.2 Å². The van der Waals surface area contributed by atoms with Gasteiger partial charge in [-0.15, -0.1) is 0 Å². The molecule has 1 fully saturated rings. The first-order chi connectivity index (χ1) is 13.9. The number of hydrogen-bond donors (Lipinski definition) is 2. The zero-order chi connectivity index (χ0) is 21.0. The fourth-order valence-corrected chi connectivity index (χ4v) is 3.33. The Bertz CT molecular complexity index is 910. The molecule has 0 heterocycles. The zero-order valence-electron chi connectivity index (χ0n) is 17.4. The number of carbonyl (C=O) groups is 2. The van der Waals surface area contributed by atoms with Crippen LogP contribution in [0.5, 0.6) is 11.5 Å². The molecule has 2 atom stereocenters. The molecule has 1 saturated carbocycles. The van der Waals surface area contributed by atoms with E-state index in [2.05, 4.69) is 10.6 Å². The molecule has 2 aromatic rings. The van der Waals surface area contributed by atoms with Gasteiger partial charge >= 0.3 is 0 Å². The SMILES string of the molecule is COc1ccc(CCNC(=O)C2CC2C(=O)Nc2ccc(C)c(C)c2)cc1OC. The van der Waals surface area contributed by atoms with E-state index in [4.69, 9.17) is 9.47 Å². The molecule has 1 aliphatic rings. The van der Waals surface area contributed by atoms with E-state index >= 15 is 0 Å². The third-order valence-electron chi connectivity index (χ3n) is 5.40. The number of anilines is 1. The number of carbonyl (C=O) groups excluding carboxylic acids is 2. The molecule has 2 aromatic carbocycles. The quantitative estimate of drug-likeness (QED) is 0.718. The van der Waals surface area contributed by atoms with Crippen LogP contribution < -0.4 is 20.1 Å². The Morgan fingerprint density at radius 3 is 2.34 bits per heavy atom. The third-order valence-corrected chi connectivity index (χ3v) is 5.40. The largest absolute Gasteiger partial charge is 0.493 e. The van der Waals surface area contributed by atoms with Crippen LogP contribution in [0.1, 0.15) is 23.1 Å². The van der Waals surface area contributed by atoms with Gasteiger partial charge in [-0.2, -0.15) is 0 Å². The van der Waals surface area contributed by atoms with Gasteiger partial charge < -0.3 is 20.1 Å². The summed E-state index contributed by atoms with van der Waals surface area (Å²) in [6, 6.07) is 11.5. The van der Waals surface area contributed by atoms with Gasteiger partial charge in [0.1, 0.15) is 0 Å². The minimum absolute atomic E-state index is 0.0642. The van der Waals surface area contributed by atoms with E-state index < -0.39 is 0 Å². The second-order valence-electron chi connectivity index (χ2n) is 7.47. The van der Waals surface area contributed by atoms with Crippen molar-refractivity contribution in [2.24, 2.45) is 11.8 Å². The van der Waals surface area contributed by atoms with Crippen molar-refractivity contribution in [1.82, 2.24) is 5.32 Å². The van der Waals surface area contributed by atoms with Crippen molar-refractivity contribution >= 4 is 17.5 Å². The highest BCUT2D eigenvalue weighted by atomic mass is 16.5. The van der Waals surface area contributed by atoms with Gasteiger partial charge in [0.05, 0.1) is 26.1 Å². The standard InChI is InChI=1S/C23H28N2O4/c1-14-5-7-17(11-15(14)2)25-23(27)19-13-18(19)22(26)24-10-9-16-6-8-20(28-3)21(12-16)29-4/h5-8,11-12,18-19H,9-10,13H2,1-4H3,(H,24,26)(H,25,27). The molecule has 0 spiro atoms. The van der Waals surface area contributed by atoms with E-state index in [0.717, 1.165) is 16.8 Å². The fourth-order valence-electron chi connectivity index (χ4n) is 3.33. The van der Waals surface area contributed by atoms with E-state index in [1.54, 1.807) is 14.2 Å². The molecular formula is C23H28N2O4. The Kier molecular flexibility index (Phi) is 6.42. The molecule has 0 bridgehead atoms. The summed E-state index contributed by atoms with van der Waals surface area (Å²) < 4.78 is 10.5. The highest BCUT2D eigenvalue weighted by Gasteiger charge is 2.47. The van der Waals surface area contributed by atoms with Crippen molar-refractivity contribution in [2.75, 3.05) is 26.1 Å². The van der Waals surface area contributed by atoms with Gasteiger partial charge in [-0.05, 0) is 67.6 Å². The highest BCUT2D eigenvalue weighted by Crippen LogP contribution is 2.39. The monoisotopic (exact) mass is 396 g/mol. The van der Waals surface area contributed by atoms with Gasteiger partial charge in [-0.25, -0.2) is 0 Å². The lowest BCUT2D eigenvalue weighted by molar-refractivity contribution is -0.125. The smallest absolute Gasteiger partial charge is 0.228 e. The van der Waals surface area contributed by atoms with E-state index in [1.165, 1.54) is 5.56 Å². The summed E-state index contributed by atoms with van der Waals surface area (Å²) in [6.07, 6.45) is 1.27. The fraction of sp³-hybridized carbons (Fsp3) is 0.391. The summed E-state index contributed by atoms with van der Waals surface area (Å²) in [4.78, 5) is 24.7. The van der Waals surface area contributed by atoms with E-state index in [1.807, 2.05) is 50.2 Å². The molecule has 6 nitrogen and oxygen atoms in total. The molecule has 2 unspecified atom stereocenters. The second kappa shape index (κ2) is 8.99. The first kappa shape index (κ1) is 20.7. The number of methoxy groups -OCH3 is 2. The maximum absolute atomic E-state index is 12.4. The number of nitrogens with one attached hydrogen (secondary N) is 2. The number of rotatable bonds is 8. The lowest BCUT2D eigenvalue weighted by Gasteiger charge is -2.10. The van der Waals surface area contributed by atoms with Crippen LogP contribution in [0, 0.1) is 25.7 Å². The molecule has 6 heteroatoms. The van der Waals surface area contributed by atoms with E-state index in [-0.39, 0.29) is 23.7 Å². The minimum atomic E-state index is -0.252. The van der Waals surface area contributed by atoms with Crippen molar-refractivity contribution in [3.63, 3.8) is 0 Å². The van der Waals surface area contributed by atoms with Crippen molar-refractivity contribution in [2.45, 2.75) is 26.7 Å². The average molecular weight is 396 g/mol. The Labute approximate surface area is 171 Å². The van der Waals surface area contributed by atoms with E-state index in [9.17, 15) is 9.59 Å². The number of hydrogen-bond acceptors (Lipinski definition) is 4. The second-order valence-corrected chi connectivity index (χ2v) is 7.47. The summed E-state index contributed by atoms with van der Waals surface area (Å²) >= 11 is 0. The van der Waals surface area contributed by atoms with Crippen LogP contribution in [0.4, 0.5) is 5.69 Å². The highest BCUT2D eigenvalue weighted by molar-refractivity contribution is 5.99. The predicted molar refractivity (Wildman–Crippen MR) is 112 cm³/mol. The van der Waals surface area contributed by atoms with Crippen LogP contribution >= 0.6 is 0 Å². The minimum Gasteiger partial charge on any atom is -0.493 e. The molecule has 2 N–H and O–H groups in total. The Hall–Kier alpha value is -3.02. The first-order valence-electron chi connectivity index (χ1n) is 9.79. The Morgan fingerprint density at radius 2 is 1.66 bits per heavy atom. The lowest BCUT2D eigenvalue weighted by Crippen LogP contribution is -2.29. The maximum Gasteiger partial charge on any atom is 0.228 e. The third kappa shape index (κ3) is 5.08. The zero-order valence-corrected chi connectivity index (χ0v) is 17.4. The maximum atomic E-state index is 12.4. The van der Waals surface area contributed by atoms with Crippen molar-refractivity contribution < 1.29 is 19.1 Å². The molecule has 0 aliphatic heterocycles. The van der Waals surface area contributed by atoms with Crippen LogP contribution in [-0.4, -0.2) is 32.6 Å².